The van der Waals surface area contributed by atoms with Gasteiger partial charge in [0.1, 0.15) is 0 Å². The second-order valence-electron chi connectivity index (χ2n) is 6.20. The van der Waals surface area contributed by atoms with Gasteiger partial charge in [0.05, 0.1) is 0 Å². The Kier molecular flexibility index (Phi) is 3.60. The normalized spacial score (nSPS) is 26.4. The van der Waals surface area contributed by atoms with Gasteiger partial charge in [-0.1, -0.05) is 6.92 Å². The van der Waals surface area contributed by atoms with Gasteiger partial charge in [-0.15, -0.1) is 0 Å². The molecule has 94 valence electrons. The van der Waals surface area contributed by atoms with E-state index in [0.29, 0.717) is 16.9 Å². The van der Waals surface area contributed by atoms with Crippen molar-refractivity contribution in [2.24, 2.45) is 10.8 Å². The van der Waals surface area contributed by atoms with Crippen LogP contribution >= 0.6 is 0 Å². The lowest BCUT2D eigenvalue weighted by atomic mass is 9.98. The Morgan fingerprint density at radius 3 is 2.44 bits per heavy atom. The van der Waals surface area contributed by atoms with Crippen LogP contribution < -0.4 is 5.32 Å². The molecule has 2 heteroatoms. The number of rotatable bonds is 8. The van der Waals surface area contributed by atoms with E-state index in [1.165, 1.54) is 38.6 Å². The van der Waals surface area contributed by atoms with Crippen LogP contribution in [0.5, 0.6) is 0 Å². The predicted octanol–water partition coefficient (Wildman–Crippen LogP) is 2.97. The van der Waals surface area contributed by atoms with Gasteiger partial charge >= 0.3 is 0 Å². The Morgan fingerprint density at radius 2 is 1.94 bits per heavy atom. The van der Waals surface area contributed by atoms with Gasteiger partial charge in [-0.3, -0.25) is 0 Å². The van der Waals surface area contributed by atoms with Crippen molar-refractivity contribution >= 4 is 0 Å². The fourth-order valence-corrected chi connectivity index (χ4v) is 2.37. The molecular weight excluding hydrogens is 198 g/mol. The lowest BCUT2D eigenvalue weighted by molar-refractivity contribution is 0.126. The second-order valence-corrected chi connectivity index (χ2v) is 6.20. The standard InChI is InChI=1S/C14H27NO/c1-4-16-10-9-14(7-8-14)11-15-12(2)13(3)5-6-13/h12,15H,4-11H2,1-3H3. The molecule has 1 N–H and O–H groups in total. The summed E-state index contributed by atoms with van der Waals surface area (Å²) < 4.78 is 5.47. The molecule has 0 spiro atoms. The zero-order valence-corrected chi connectivity index (χ0v) is 11.1. The van der Waals surface area contributed by atoms with E-state index in [4.69, 9.17) is 4.74 Å². The summed E-state index contributed by atoms with van der Waals surface area (Å²) in [6.07, 6.45) is 6.87. The van der Waals surface area contributed by atoms with E-state index in [1.807, 2.05) is 0 Å². The Labute approximate surface area is 100 Å². The summed E-state index contributed by atoms with van der Waals surface area (Å²) in [5, 5.41) is 3.76. The summed E-state index contributed by atoms with van der Waals surface area (Å²) in [6.45, 7) is 9.85. The maximum absolute atomic E-state index is 5.47. The third-order valence-electron chi connectivity index (χ3n) is 4.81. The van der Waals surface area contributed by atoms with Crippen LogP contribution in [0.15, 0.2) is 0 Å². The minimum absolute atomic E-state index is 0.592. The van der Waals surface area contributed by atoms with Crippen molar-refractivity contribution in [3.8, 4) is 0 Å². The lowest BCUT2D eigenvalue weighted by Gasteiger charge is -2.24. The molecule has 2 saturated carbocycles. The Hall–Kier alpha value is -0.0800. The Morgan fingerprint density at radius 1 is 1.25 bits per heavy atom. The van der Waals surface area contributed by atoms with Crippen molar-refractivity contribution in [2.45, 2.75) is 58.9 Å². The average molecular weight is 225 g/mol. The van der Waals surface area contributed by atoms with Crippen molar-refractivity contribution in [3.63, 3.8) is 0 Å². The fourth-order valence-electron chi connectivity index (χ4n) is 2.37. The summed E-state index contributed by atoms with van der Waals surface area (Å²) in [6, 6.07) is 0.692. The van der Waals surface area contributed by atoms with Crippen LogP contribution in [-0.2, 0) is 4.74 Å². The van der Waals surface area contributed by atoms with Crippen molar-refractivity contribution in [2.75, 3.05) is 19.8 Å². The first-order valence-corrected chi connectivity index (χ1v) is 6.91. The van der Waals surface area contributed by atoms with E-state index in [9.17, 15) is 0 Å². The van der Waals surface area contributed by atoms with Gasteiger partial charge < -0.3 is 10.1 Å². The van der Waals surface area contributed by atoms with E-state index in [2.05, 4.69) is 26.1 Å². The molecule has 0 amide bonds. The number of ether oxygens (including phenoxy) is 1. The largest absolute Gasteiger partial charge is 0.382 e. The number of nitrogens with one attached hydrogen (secondary N) is 1. The third kappa shape index (κ3) is 2.98. The SMILES string of the molecule is CCOCCC1(CNC(C)C2(C)CC2)CC1. The summed E-state index contributed by atoms with van der Waals surface area (Å²) >= 11 is 0. The number of hydrogen-bond donors (Lipinski definition) is 1. The van der Waals surface area contributed by atoms with Crippen molar-refractivity contribution in [3.05, 3.63) is 0 Å². The third-order valence-corrected chi connectivity index (χ3v) is 4.81. The van der Waals surface area contributed by atoms with Gasteiger partial charge in [-0.25, -0.2) is 0 Å². The monoisotopic (exact) mass is 225 g/mol. The van der Waals surface area contributed by atoms with E-state index in [1.54, 1.807) is 0 Å². The highest BCUT2D eigenvalue weighted by atomic mass is 16.5. The minimum atomic E-state index is 0.592. The van der Waals surface area contributed by atoms with Gasteiger partial charge in [0.2, 0.25) is 0 Å². The zero-order valence-electron chi connectivity index (χ0n) is 11.1. The lowest BCUT2D eigenvalue weighted by Crippen LogP contribution is -2.37. The molecule has 2 aliphatic rings. The second kappa shape index (κ2) is 4.66. The summed E-state index contributed by atoms with van der Waals surface area (Å²) in [7, 11) is 0. The topological polar surface area (TPSA) is 21.3 Å². The van der Waals surface area contributed by atoms with E-state index in [0.717, 1.165) is 13.2 Å². The van der Waals surface area contributed by atoms with Crippen LogP contribution in [0.1, 0.15) is 52.9 Å². The molecule has 2 nitrogen and oxygen atoms in total. The molecule has 1 unspecified atom stereocenters. The molecule has 0 bridgehead atoms. The summed E-state index contributed by atoms with van der Waals surface area (Å²) in [5.74, 6) is 0. The molecule has 1 atom stereocenters. The quantitative estimate of drug-likeness (QED) is 0.641. The Bertz CT molecular complexity index is 231. The highest BCUT2D eigenvalue weighted by Gasteiger charge is 2.46. The smallest absolute Gasteiger partial charge is 0.0471 e. The van der Waals surface area contributed by atoms with Crippen molar-refractivity contribution < 1.29 is 4.74 Å². The molecule has 0 aromatic heterocycles. The van der Waals surface area contributed by atoms with Gasteiger partial charge in [-0.2, -0.15) is 0 Å². The summed E-state index contributed by atoms with van der Waals surface area (Å²) in [5.41, 5.74) is 1.20. The highest BCUT2D eigenvalue weighted by molar-refractivity contribution is 5.00. The molecular formula is C14H27NO. The molecule has 0 aromatic rings. The van der Waals surface area contributed by atoms with Crippen LogP contribution in [0.3, 0.4) is 0 Å². The maximum Gasteiger partial charge on any atom is 0.0471 e. The first-order chi connectivity index (χ1) is 7.60. The average Bonchev–Trinajstić information content (AvgIpc) is 3.15. The maximum atomic E-state index is 5.47. The zero-order chi connectivity index (χ0) is 11.6. The first-order valence-electron chi connectivity index (χ1n) is 6.91. The van der Waals surface area contributed by atoms with E-state index in [-0.39, 0.29) is 0 Å². The van der Waals surface area contributed by atoms with Crippen molar-refractivity contribution in [1.29, 1.82) is 0 Å². The molecule has 2 aliphatic carbocycles. The molecule has 0 aliphatic heterocycles. The molecule has 0 aromatic carbocycles. The molecule has 0 saturated heterocycles. The first kappa shape index (κ1) is 12.4. The van der Waals surface area contributed by atoms with Gasteiger partial charge in [0.15, 0.2) is 0 Å². The van der Waals surface area contributed by atoms with E-state index >= 15 is 0 Å². The molecule has 2 rings (SSSR count). The van der Waals surface area contributed by atoms with Crippen molar-refractivity contribution in [1.82, 2.24) is 5.32 Å². The molecule has 2 fully saturated rings. The molecule has 0 heterocycles. The predicted molar refractivity (Wildman–Crippen MR) is 67.6 cm³/mol. The van der Waals surface area contributed by atoms with Crippen LogP contribution in [-0.4, -0.2) is 25.8 Å². The van der Waals surface area contributed by atoms with Gasteiger partial charge in [0.25, 0.3) is 0 Å². The van der Waals surface area contributed by atoms with E-state index < -0.39 is 0 Å². The van der Waals surface area contributed by atoms with Crippen LogP contribution in [0.25, 0.3) is 0 Å². The van der Waals surface area contributed by atoms with Crippen LogP contribution in [0.4, 0.5) is 0 Å². The van der Waals surface area contributed by atoms with Gasteiger partial charge in [-0.05, 0) is 56.8 Å². The fraction of sp³-hybridized carbons (Fsp3) is 1.00. The summed E-state index contributed by atoms with van der Waals surface area (Å²) in [4.78, 5) is 0. The molecule has 16 heavy (non-hydrogen) atoms. The molecule has 0 radical (unpaired) electrons. The minimum Gasteiger partial charge on any atom is -0.382 e. The Balaban J connectivity index is 1.65. The van der Waals surface area contributed by atoms with Crippen LogP contribution in [0, 0.1) is 10.8 Å². The highest BCUT2D eigenvalue weighted by Crippen LogP contribution is 2.50. The number of hydrogen-bond acceptors (Lipinski definition) is 2. The van der Waals surface area contributed by atoms with Crippen LogP contribution in [0.2, 0.25) is 0 Å². The van der Waals surface area contributed by atoms with Gasteiger partial charge in [0, 0.05) is 25.8 Å².